The first-order valence-corrected chi connectivity index (χ1v) is 7.40. The third-order valence-electron chi connectivity index (χ3n) is 2.97. The lowest BCUT2D eigenvalue weighted by Crippen LogP contribution is -2.34. The first-order valence-electron chi connectivity index (χ1n) is 7.40. The fourth-order valence-corrected chi connectivity index (χ4v) is 1.78. The van der Waals surface area contributed by atoms with Crippen LogP contribution in [-0.4, -0.2) is 45.3 Å². The van der Waals surface area contributed by atoms with Crippen LogP contribution >= 0.6 is 0 Å². The number of carbonyl (C=O) groups excluding carboxylic acids is 2. The second kappa shape index (κ2) is 8.03. The second-order valence-corrected chi connectivity index (χ2v) is 6.26. The molecule has 0 spiro atoms. The Balaban J connectivity index is 2.46. The minimum atomic E-state index is -1.20. The third-order valence-corrected chi connectivity index (χ3v) is 2.97. The zero-order valence-corrected chi connectivity index (χ0v) is 13.9. The van der Waals surface area contributed by atoms with E-state index < -0.39 is 23.9 Å². The Bertz CT molecular complexity index is 536. The minimum absolute atomic E-state index is 0.124. The smallest absolute Gasteiger partial charge is 0.407 e. The van der Waals surface area contributed by atoms with Gasteiger partial charge in [-0.2, -0.15) is 0 Å². The zero-order chi connectivity index (χ0) is 17.6. The molecule has 0 fully saturated rings. The monoisotopic (exact) mass is 324 g/mol. The van der Waals surface area contributed by atoms with Gasteiger partial charge in [-0.3, -0.25) is 9.78 Å². The molecule has 1 rings (SSSR count). The molecule has 0 aliphatic rings. The molecule has 23 heavy (non-hydrogen) atoms. The number of Topliss-reactive ketones (excluding diaryl/α,β-unsaturated/α-hetero) is 1. The van der Waals surface area contributed by atoms with E-state index in [1.807, 2.05) is 0 Å². The number of rotatable bonds is 6. The summed E-state index contributed by atoms with van der Waals surface area (Å²) in [5.41, 5.74) is 0.103. The molecule has 2 unspecified atom stereocenters. The maximum absolute atomic E-state index is 11.5. The molecule has 7 nitrogen and oxygen atoms in total. The van der Waals surface area contributed by atoms with Gasteiger partial charge in [0.2, 0.25) is 0 Å². The van der Waals surface area contributed by atoms with E-state index >= 15 is 0 Å². The highest BCUT2D eigenvalue weighted by Crippen LogP contribution is 2.17. The number of aliphatic hydroxyl groups is 2. The fraction of sp³-hybridized carbons (Fsp3) is 0.562. The van der Waals surface area contributed by atoms with Crippen LogP contribution in [0.5, 0.6) is 0 Å². The number of hydrogen-bond acceptors (Lipinski definition) is 6. The lowest BCUT2D eigenvalue weighted by Gasteiger charge is -2.21. The third kappa shape index (κ3) is 6.75. The highest BCUT2D eigenvalue weighted by atomic mass is 16.6. The number of aliphatic hydroxyl groups excluding tert-OH is 2. The van der Waals surface area contributed by atoms with Crippen LogP contribution < -0.4 is 5.32 Å². The van der Waals surface area contributed by atoms with E-state index in [-0.39, 0.29) is 24.4 Å². The van der Waals surface area contributed by atoms with Gasteiger partial charge >= 0.3 is 6.09 Å². The molecule has 128 valence electrons. The number of pyridine rings is 1. The number of ether oxygens (including phenoxy) is 1. The molecule has 0 bridgehead atoms. The summed E-state index contributed by atoms with van der Waals surface area (Å²) < 4.78 is 5.06. The molecule has 3 N–H and O–H groups in total. The summed E-state index contributed by atoms with van der Waals surface area (Å²) in [6.45, 7) is 6.83. The van der Waals surface area contributed by atoms with E-state index in [0.717, 1.165) is 0 Å². The van der Waals surface area contributed by atoms with Gasteiger partial charge < -0.3 is 20.3 Å². The van der Waals surface area contributed by atoms with Crippen molar-refractivity contribution in [3.8, 4) is 0 Å². The Morgan fingerprint density at radius 1 is 1.30 bits per heavy atom. The number of nitrogens with one attached hydrogen (secondary N) is 1. The summed E-state index contributed by atoms with van der Waals surface area (Å²) in [4.78, 5) is 26.6. The van der Waals surface area contributed by atoms with Gasteiger partial charge in [-0.05, 0) is 46.2 Å². The number of aromatic nitrogens is 1. The van der Waals surface area contributed by atoms with Crippen molar-refractivity contribution in [1.29, 1.82) is 0 Å². The number of alkyl carbamates (subject to hydrolysis) is 1. The van der Waals surface area contributed by atoms with Crippen molar-refractivity contribution in [1.82, 2.24) is 10.3 Å². The van der Waals surface area contributed by atoms with Crippen LogP contribution in [0.4, 0.5) is 4.79 Å². The van der Waals surface area contributed by atoms with Gasteiger partial charge in [-0.1, -0.05) is 0 Å². The van der Waals surface area contributed by atoms with E-state index in [4.69, 9.17) is 4.74 Å². The number of nitrogens with zero attached hydrogens (tertiary/aromatic N) is 1. The minimum Gasteiger partial charge on any atom is -0.444 e. The normalized spacial score (nSPS) is 14.0. The van der Waals surface area contributed by atoms with Gasteiger partial charge in [0, 0.05) is 18.3 Å². The lowest BCUT2D eigenvalue weighted by molar-refractivity contribution is 0.00993. The molecule has 0 aromatic carbocycles. The highest BCUT2D eigenvalue weighted by Gasteiger charge is 2.21. The molecule has 1 aromatic rings. The lowest BCUT2D eigenvalue weighted by atomic mass is 10.1. The van der Waals surface area contributed by atoms with E-state index in [9.17, 15) is 19.8 Å². The summed E-state index contributed by atoms with van der Waals surface area (Å²) in [5, 5.41) is 22.5. The van der Waals surface area contributed by atoms with Crippen LogP contribution in [-0.2, 0) is 4.74 Å². The van der Waals surface area contributed by atoms with Crippen molar-refractivity contribution in [2.75, 3.05) is 6.54 Å². The van der Waals surface area contributed by atoms with Crippen molar-refractivity contribution in [3.63, 3.8) is 0 Å². The maximum atomic E-state index is 11.5. The quantitative estimate of drug-likeness (QED) is 0.686. The van der Waals surface area contributed by atoms with Gasteiger partial charge in [0.05, 0.1) is 11.8 Å². The van der Waals surface area contributed by atoms with Crippen molar-refractivity contribution in [2.45, 2.75) is 51.9 Å². The number of amides is 1. The predicted octanol–water partition coefficient (Wildman–Crippen LogP) is 1.59. The molecule has 1 aromatic heterocycles. The number of hydrogen-bond donors (Lipinski definition) is 3. The summed E-state index contributed by atoms with van der Waals surface area (Å²) in [6, 6.07) is 3.03. The summed E-state index contributed by atoms with van der Waals surface area (Å²) >= 11 is 0. The van der Waals surface area contributed by atoms with Crippen LogP contribution in [0, 0.1) is 0 Å². The van der Waals surface area contributed by atoms with E-state index in [2.05, 4.69) is 10.3 Å². The number of carbonyl (C=O) groups is 2. The molecule has 0 radical (unpaired) electrons. The fourth-order valence-electron chi connectivity index (χ4n) is 1.78. The topological polar surface area (TPSA) is 109 Å². The summed E-state index contributed by atoms with van der Waals surface area (Å²) in [5.74, 6) is -0.124. The van der Waals surface area contributed by atoms with Crippen molar-refractivity contribution in [3.05, 3.63) is 29.6 Å². The molecular weight excluding hydrogens is 300 g/mol. The molecule has 0 saturated heterocycles. The molecule has 1 heterocycles. The molecule has 0 aliphatic carbocycles. The SMILES string of the molecule is CC(=O)c1ccc(C(O)C(O)CCNC(=O)OC(C)(C)C)nc1. The van der Waals surface area contributed by atoms with Crippen LogP contribution in [0.3, 0.4) is 0 Å². The molecule has 1 amide bonds. The highest BCUT2D eigenvalue weighted by molar-refractivity contribution is 5.93. The van der Waals surface area contributed by atoms with Gasteiger partial charge in [0.15, 0.2) is 5.78 Å². The average Bonchev–Trinajstić information content (AvgIpc) is 2.44. The molecule has 0 saturated carbocycles. The van der Waals surface area contributed by atoms with Crippen molar-refractivity contribution in [2.24, 2.45) is 0 Å². The first kappa shape index (κ1) is 19.1. The van der Waals surface area contributed by atoms with Crippen LogP contribution in [0.1, 0.15) is 56.3 Å². The number of ketones is 1. The van der Waals surface area contributed by atoms with Gasteiger partial charge in [-0.25, -0.2) is 4.79 Å². The van der Waals surface area contributed by atoms with Gasteiger partial charge in [0.25, 0.3) is 0 Å². The van der Waals surface area contributed by atoms with E-state index in [1.54, 1.807) is 26.8 Å². The predicted molar refractivity (Wildman–Crippen MR) is 84.1 cm³/mol. The molecule has 7 heteroatoms. The molecular formula is C16H24N2O5. The van der Waals surface area contributed by atoms with Crippen LogP contribution in [0.25, 0.3) is 0 Å². The van der Waals surface area contributed by atoms with Crippen molar-refractivity contribution < 1.29 is 24.5 Å². The first-order chi connectivity index (χ1) is 10.6. The Kier molecular flexibility index (Phi) is 6.65. The Hall–Kier alpha value is -1.99. The van der Waals surface area contributed by atoms with E-state index in [0.29, 0.717) is 5.56 Å². The zero-order valence-electron chi connectivity index (χ0n) is 13.9. The van der Waals surface area contributed by atoms with Gasteiger partial charge in [0.1, 0.15) is 11.7 Å². The average molecular weight is 324 g/mol. The Labute approximate surface area is 135 Å². The largest absolute Gasteiger partial charge is 0.444 e. The van der Waals surface area contributed by atoms with Gasteiger partial charge in [-0.15, -0.1) is 0 Å². The standard InChI is InChI=1S/C16H24N2O5/c1-10(19)11-5-6-12(18-9-11)14(21)13(20)7-8-17-15(22)23-16(2,3)4/h5-6,9,13-14,20-21H,7-8H2,1-4H3,(H,17,22). The van der Waals surface area contributed by atoms with Crippen molar-refractivity contribution >= 4 is 11.9 Å². The van der Waals surface area contributed by atoms with Crippen LogP contribution in [0.2, 0.25) is 0 Å². The molecule has 2 atom stereocenters. The molecule has 0 aliphatic heterocycles. The maximum Gasteiger partial charge on any atom is 0.407 e. The van der Waals surface area contributed by atoms with E-state index in [1.165, 1.54) is 19.2 Å². The Morgan fingerprint density at radius 3 is 2.43 bits per heavy atom. The summed E-state index contributed by atoms with van der Waals surface area (Å²) in [7, 11) is 0. The second-order valence-electron chi connectivity index (χ2n) is 6.26. The summed E-state index contributed by atoms with van der Waals surface area (Å²) in [6.07, 6.45) is -1.39. The van der Waals surface area contributed by atoms with Crippen LogP contribution in [0.15, 0.2) is 18.3 Å². The Morgan fingerprint density at radius 2 is 1.96 bits per heavy atom.